The Morgan fingerprint density at radius 3 is 2.59 bits per heavy atom. The van der Waals surface area contributed by atoms with Crippen LogP contribution in [0.15, 0.2) is 71.7 Å². The zero-order valence-corrected chi connectivity index (χ0v) is 14.8. The minimum atomic E-state index is -0.286. The third kappa shape index (κ3) is 3.37. The summed E-state index contributed by atoms with van der Waals surface area (Å²) in [5, 5.41) is 5.68. The lowest BCUT2D eigenvalue weighted by molar-refractivity contribution is 0.0952. The van der Waals surface area contributed by atoms with E-state index in [-0.39, 0.29) is 11.5 Å². The van der Waals surface area contributed by atoms with E-state index in [1.54, 1.807) is 0 Å². The van der Waals surface area contributed by atoms with Crippen LogP contribution in [0.1, 0.15) is 21.5 Å². The van der Waals surface area contributed by atoms with Gasteiger partial charge in [0, 0.05) is 24.4 Å². The number of nitrogens with one attached hydrogen (secondary N) is 2. The molecule has 0 aliphatic carbocycles. The van der Waals surface area contributed by atoms with Gasteiger partial charge in [0.05, 0.1) is 5.69 Å². The van der Waals surface area contributed by atoms with Gasteiger partial charge in [-0.2, -0.15) is 0 Å². The van der Waals surface area contributed by atoms with Crippen LogP contribution in [0.4, 0.5) is 0 Å². The molecule has 2 N–H and O–H groups in total. The third-order valence-corrected chi connectivity index (χ3v) is 4.39. The van der Waals surface area contributed by atoms with Crippen LogP contribution in [0.5, 0.6) is 0 Å². The fourth-order valence-electron chi connectivity index (χ4n) is 2.89. The van der Waals surface area contributed by atoms with E-state index in [9.17, 15) is 9.59 Å². The fourth-order valence-corrected chi connectivity index (χ4v) is 2.89. The zero-order chi connectivity index (χ0) is 18.8. The molecule has 4 rings (SSSR count). The molecule has 2 aromatic heterocycles. The number of H-pyrrole nitrogens is 1. The Hall–Kier alpha value is -3.67. The highest BCUT2D eigenvalue weighted by Crippen LogP contribution is 2.17. The summed E-state index contributed by atoms with van der Waals surface area (Å²) < 4.78 is 1.27. The van der Waals surface area contributed by atoms with Gasteiger partial charge >= 0.3 is 0 Å². The molecular weight excluding hydrogens is 340 g/mol. The summed E-state index contributed by atoms with van der Waals surface area (Å²) in [6, 6.07) is 18.8. The summed E-state index contributed by atoms with van der Waals surface area (Å²) in [4.78, 5) is 29.5. The molecule has 0 fully saturated rings. The van der Waals surface area contributed by atoms with Gasteiger partial charge in [0.15, 0.2) is 5.65 Å². The molecule has 0 saturated heterocycles. The molecule has 2 heterocycles. The van der Waals surface area contributed by atoms with Crippen molar-refractivity contribution >= 4 is 11.6 Å². The Kier molecular flexibility index (Phi) is 4.30. The average molecular weight is 358 g/mol. The number of carbonyl (C=O) groups is 1. The predicted octanol–water partition coefficient (Wildman–Crippen LogP) is 2.93. The number of aryl methyl sites for hydroxylation is 1. The molecule has 6 heteroatoms. The molecule has 27 heavy (non-hydrogen) atoms. The molecule has 0 spiro atoms. The number of nitrogens with zero attached hydrogens (tertiary/aromatic N) is 2. The fraction of sp³-hybridized carbons (Fsp3) is 0.0952. The highest BCUT2D eigenvalue weighted by molar-refractivity contribution is 5.99. The van der Waals surface area contributed by atoms with Crippen molar-refractivity contribution in [3.05, 3.63) is 93.9 Å². The topological polar surface area (TPSA) is 79.3 Å². The van der Waals surface area contributed by atoms with Crippen molar-refractivity contribution in [3.63, 3.8) is 0 Å². The number of amides is 1. The molecule has 0 saturated carbocycles. The van der Waals surface area contributed by atoms with Crippen molar-refractivity contribution in [2.75, 3.05) is 0 Å². The van der Waals surface area contributed by atoms with Crippen molar-refractivity contribution in [2.45, 2.75) is 13.5 Å². The largest absolute Gasteiger partial charge is 0.348 e. The lowest BCUT2D eigenvalue weighted by Gasteiger charge is -2.05. The molecule has 0 aliphatic rings. The minimum absolute atomic E-state index is 0.267. The highest BCUT2D eigenvalue weighted by atomic mass is 16.2. The van der Waals surface area contributed by atoms with Gasteiger partial charge in [-0.3, -0.25) is 14.7 Å². The van der Waals surface area contributed by atoms with Crippen LogP contribution in [-0.2, 0) is 6.54 Å². The number of aromatic nitrogens is 3. The smallest absolute Gasteiger partial charge is 0.273 e. The number of hydrogen-bond donors (Lipinski definition) is 2. The first kappa shape index (κ1) is 16.8. The maximum absolute atomic E-state index is 12.6. The van der Waals surface area contributed by atoms with Gasteiger partial charge in [0.1, 0.15) is 5.56 Å². The Morgan fingerprint density at radius 1 is 1.11 bits per heavy atom. The third-order valence-electron chi connectivity index (χ3n) is 4.39. The van der Waals surface area contributed by atoms with E-state index < -0.39 is 0 Å². The Balaban J connectivity index is 1.65. The van der Waals surface area contributed by atoms with Crippen LogP contribution >= 0.6 is 0 Å². The number of rotatable bonds is 4. The summed E-state index contributed by atoms with van der Waals surface area (Å²) >= 11 is 0. The molecule has 0 aliphatic heterocycles. The molecule has 0 atom stereocenters. The van der Waals surface area contributed by atoms with Crippen LogP contribution in [0, 0.1) is 6.92 Å². The SMILES string of the molecule is Cc1ccc(CNC(=O)c2c[nH]n3c(=O)cc(-c4ccccc4)nc23)cc1. The summed E-state index contributed by atoms with van der Waals surface area (Å²) in [5.41, 5.74) is 3.90. The van der Waals surface area contributed by atoms with E-state index in [0.717, 1.165) is 11.1 Å². The molecule has 0 radical (unpaired) electrons. The van der Waals surface area contributed by atoms with E-state index in [2.05, 4.69) is 15.4 Å². The second-order valence-electron chi connectivity index (χ2n) is 6.36. The normalized spacial score (nSPS) is 10.9. The standard InChI is InChI=1S/C21H18N4O2/c1-14-7-9-15(10-8-14)12-22-21(27)17-13-23-25-19(26)11-18(24-20(17)25)16-5-3-2-4-6-16/h2-11,13,23H,12H2,1H3,(H,22,27). The monoisotopic (exact) mass is 358 g/mol. The van der Waals surface area contributed by atoms with Crippen LogP contribution in [0.25, 0.3) is 16.9 Å². The zero-order valence-electron chi connectivity index (χ0n) is 14.8. The van der Waals surface area contributed by atoms with Crippen molar-refractivity contribution < 1.29 is 4.79 Å². The Labute approximate surface area is 155 Å². The van der Waals surface area contributed by atoms with Gasteiger partial charge in [-0.15, -0.1) is 0 Å². The first-order chi connectivity index (χ1) is 13.1. The molecular formula is C21H18N4O2. The molecule has 0 unspecified atom stereocenters. The number of hydrogen-bond acceptors (Lipinski definition) is 3. The summed E-state index contributed by atoms with van der Waals surface area (Å²) in [6.07, 6.45) is 1.50. The molecule has 4 aromatic rings. The van der Waals surface area contributed by atoms with Crippen molar-refractivity contribution in [1.29, 1.82) is 0 Å². The molecule has 1 amide bonds. The molecule has 6 nitrogen and oxygen atoms in total. The van der Waals surface area contributed by atoms with Crippen LogP contribution in [0.2, 0.25) is 0 Å². The second-order valence-corrected chi connectivity index (χ2v) is 6.36. The minimum Gasteiger partial charge on any atom is -0.348 e. The van der Waals surface area contributed by atoms with E-state index in [0.29, 0.717) is 23.4 Å². The van der Waals surface area contributed by atoms with E-state index in [1.807, 2.05) is 61.5 Å². The number of benzene rings is 2. The number of carbonyl (C=O) groups excluding carboxylic acids is 1. The van der Waals surface area contributed by atoms with Crippen LogP contribution < -0.4 is 10.9 Å². The molecule has 134 valence electrons. The summed E-state index contributed by atoms with van der Waals surface area (Å²) in [7, 11) is 0. The maximum atomic E-state index is 12.6. The van der Waals surface area contributed by atoms with Gasteiger partial charge in [-0.05, 0) is 12.5 Å². The number of fused-ring (bicyclic) bond motifs is 1. The first-order valence-electron chi connectivity index (χ1n) is 8.62. The van der Waals surface area contributed by atoms with E-state index in [1.165, 1.54) is 22.3 Å². The van der Waals surface area contributed by atoms with Crippen molar-refractivity contribution in [1.82, 2.24) is 19.9 Å². The van der Waals surface area contributed by atoms with Crippen LogP contribution in [0.3, 0.4) is 0 Å². The molecule has 2 aromatic carbocycles. The lowest BCUT2D eigenvalue weighted by Crippen LogP contribution is -2.23. The van der Waals surface area contributed by atoms with Gasteiger partial charge < -0.3 is 5.32 Å². The maximum Gasteiger partial charge on any atom is 0.273 e. The van der Waals surface area contributed by atoms with Gasteiger partial charge in [-0.25, -0.2) is 9.50 Å². The van der Waals surface area contributed by atoms with Gasteiger partial charge in [0.25, 0.3) is 11.5 Å². The quantitative estimate of drug-likeness (QED) is 0.589. The predicted molar refractivity (Wildman–Crippen MR) is 104 cm³/mol. The van der Waals surface area contributed by atoms with E-state index >= 15 is 0 Å². The average Bonchev–Trinajstić information content (AvgIpc) is 3.13. The summed E-state index contributed by atoms with van der Waals surface area (Å²) in [6.45, 7) is 2.42. The second kappa shape index (κ2) is 6.92. The Morgan fingerprint density at radius 2 is 1.85 bits per heavy atom. The molecule has 0 bridgehead atoms. The van der Waals surface area contributed by atoms with Gasteiger partial charge in [0.2, 0.25) is 0 Å². The van der Waals surface area contributed by atoms with E-state index in [4.69, 9.17) is 0 Å². The van der Waals surface area contributed by atoms with Crippen molar-refractivity contribution in [3.8, 4) is 11.3 Å². The highest BCUT2D eigenvalue weighted by Gasteiger charge is 2.16. The van der Waals surface area contributed by atoms with Crippen LogP contribution in [-0.4, -0.2) is 20.5 Å². The van der Waals surface area contributed by atoms with Gasteiger partial charge in [-0.1, -0.05) is 60.2 Å². The Bertz CT molecular complexity index is 1160. The number of aromatic amines is 1. The first-order valence-corrected chi connectivity index (χ1v) is 8.62. The lowest BCUT2D eigenvalue weighted by atomic mass is 10.1. The van der Waals surface area contributed by atoms with Crippen molar-refractivity contribution in [2.24, 2.45) is 0 Å². The summed E-state index contributed by atoms with van der Waals surface area (Å²) in [5.74, 6) is -0.286.